The Morgan fingerprint density at radius 1 is 1.06 bits per heavy atom. The van der Waals surface area contributed by atoms with Crippen molar-refractivity contribution in [3.05, 3.63) is 36.4 Å². The number of morpholine rings is 1. The van der Waals surface area contributed by atoms with Gasteiger partial charge in [0.1, 0.15) is 6.17 Å². The van der Waals surface area contributed by atoms with E-state index in [0.717, 1.165) is 83.0 Å². The third-order valence-corrected chi connectivity index (χ3v) is 6.98. The van der Waals surface area contributed by atoms with Crippen molar-refractivity contribution in [2.45, 2.75) is 25.4 Å². The van der Waals surface area contributed by atoms with Crippen LogP contribution in [0.5, 0.6) is 0 Å². The Labute approximate surface area is 183 Å². The first-order valence-electron chi connectivity index (χ1n) is 11.6. The third-order valence-electron chi connectivity index (χ3n) is 6.98. The molecule has 31 heavy (non-hydrogen) atoms. The van der Waals surface area contributed by atoms with E-state index in [0.29, 0.717) is 5.92 Å². The molecule has 4 heterocycles. The molecule has 0 radical (unpaired) electrons. The van der Waals surface area contributed by atoms with Crippen molar-refractivity contribution in [2.24, 2.45) is 10.9 Å². The Hall–Kier alpha value is -2.42. The Morgan fingerprint density at radius 2 is 1.94 bits per heavy atom. The summed E-state index contributed by atoms with van der Waals surface area (Å²) in [5, 5.41) is 3.80. The summed E-state index contributed by atoms with van der Waals surface area (Å²) in [6.07, 6.45) is 8.28. The molecule has 2 atom stereocenters. The smallest absolute Gasteiger partial charge is 0.216 e. The highest BCUT2D eigenvalue weighted by Gasteiger charge is 2.38. The molecule has 1 saturated heterocycles. The van der Waals surface area contributed by atoms with E-state index >= 15 is 0 Å². The molecule has 0 amide bonds. The van der Waals surface area contributed by atoms with Crippen LogP contribution in [0.15, 0.2) is 41.4 Å². The molecule has 8 nitrogen and oxygen atoms in total. The van der Waals surface area contributed by atoms with E-state index in [4.69, 9.17) is 14.7 Å². The van der Waals surface area contributed by atoms with Crippen molar-refractivity contribution >= 4 is 22.9 Å². The van der Waals surface area contributed by atoms with Gasteiger partial charge in [-0.1, -0.05) is 24.3 Å². The summed E-state index contributed by atoms with van der Waals surface area (Å²) in [4.78, 5) is 17.2. The van der Waals surface area contributed by atoms with Crippen LogP contribution in [0.3, 0.4) is 0 Å². The lowest BCUT2D eigenvalue weighted by atomic mass is 9.91. The van der Waals surface area contributed by atoms with Gasteiger partial charge < -0.3 is 10.1 Å². The molecule has 0 saturated carbocycles. The lowest BCUT2D eigenvalue weighted by Crippen LogP contribution is -2.59. The summed E-state index contributed by atoms with van der Waals surface area (Å²) in [6, 6.07) is 8.51. The Bertz CT molecular complexity index is 993. The molecule has 2 aromatic rings. The lowest BCUT2D eigenvalue weighted by Gasteiger charge is -2.44. The second-order valence-corrected chi connectivity index (χ2v) is 8.95. The van der Waals surface area contributed by atoms with Gasteiger partial charge in [-0.3, -0.25) is 19.3 Å². The number of para-hydroxylation sites is 2. The molecule has 0 unspecified atom stereocenters. The molecule has 6 rings (SSSR count). The first-order chi connectivity index (χ1) is 15.4. The third kappa shape index (κ3) is 3.62. The van der Waals surface area contributed by atoms with Gasteiger partial charge in [0.25, 0.3) is 0 Å². The fourth-order valence-corrected chi connectivity index (χ4v) is 5.22. The van der Waals surface area contributed by atoms with E-state index in [1.807, 2.05) is 0 Å². The lowest BCUT2D eigenvalue weighted by molar-refractivity contribution is 0.0333. The first kappa shape index (κ1) is 19.3. The zero-order valence-electron chi connectivity index (χ0n) is 18.0. The van der Waals surface area contributed by atoms with Crippen LogP contribution >= 0.6 is 0 Å². The number of ether oxygens (including phenoxy) is 1. The number of rotatable bonds is 4. The van der Waals surface area contributed by atoms with Crippen molar-refractivity contribution in [1.82, 2.24) is 24.7 Å². The molecule has 1 fully saturated rings. The van der Waals surface area contributed by atoms with Gasteiger partial charge in [-0.15, -0.1) is 0 Å². The highest BCUT2D eigenvalue weighted by Crippen LogP contribution is 2.37. The summed E-state index contributed by atoms with van der Waals surface area (Å²) in [7, 11) is 0. The minimum atomic E-state index is 0.197. The van der Waals surface area contributed by atoms with Gasteiger partial charge in [-0.25, -0.2) is 9.98 Å². The predicted octanol–water partition coefficient (Wildman–Crippen LogP) is 2.22. The van der Waals surface area contributed by atoms with Crippen LogP contribution in [0.4, 0.5) is 5.95 Å². The van der Waals surface area contributed by atoms with Crippen molar-refractivity contribution in [3.63, 3.8) is 0 Å². The zero-order valence-corrected chi connectivity index (χ0v) is 18.0. The zero-order chi connectivity index (χ0) is 20.6. The standard InChI is InChI=1S/C23H31N7O/c1-2-6-18(7-3-1)21-26-22-24-16-28(11-10-27-12-14-31-15-13-27)17-29(22)23-25-19-8-4-5-9-20(19)30(21)23/h1-2,4-5,8-9,18,21H,3,6-7,10-17H2,(H,24,26)/t18-,21-/m0/s1. The Balaban J connectivity index is 1.28. The van der Waals surface area contributed by atoms with Crippen LogP contribution in [-0.2, 0) is 4.74 Å². The van der Waals surface area contributed by atoms with Crippen molar-refractivity contribution < 1.29 is 4.74 Å². The number of nitrogens with one attached hydrogen (secondary N) is 1. The SMILES string of the molecule is C1=CC[C@H]([C@H]2NC3=NCN(CCN4CCOCC4)CN3c3nc4ccccc4n32)CC1. The van der Waals surface area contributed by atoms with Crippen molar-refractivity contribution in [2.75, 3.05) is 57.6 Å². The van der Waals surface area contributed by atoms with Crippen LogP contribution < -0.4 is 10.2 Å². The number of imidazole rings is 1. The van der Waals surface area contributed by atoms with Gasteiger partial charge in [-0.2, -0.15) is 0 Å². The number of hydrogen-bond donors (Lipinski definition) is 1. The molecule has 164 valence electrons. The van der Waals surface area contributed by atoms with E-state index in [1.165, 1.54) is 11.9 Å². The molecule has 1 N–H and O–H groups in total. The minimum Gasteiger partial charge on any atom is -0.379 e. The van der Waals surface area contributed by atoms with Crippen LogP contribution in [0.2, 0.25) is 0 Å². The van der Waals surface area contributed by atoms with E-state index in [2.05, 4.69) is 61.0 Å². The highest BCUT2D eigenvalue weighted by atomic mass is 16.5. The average Bonchev–Trinajstić information content (AvgIpc) is 3.23. The number of nitrogens with zero attached hydrogens (tertiary/aromatic N) is 6. The van der Waals surface area contributed by atoms with Gasteiger partial charge in [0, 0.05) is 32.1 Å². The largest absolute Gasteiger partial charge is 0.379 e. The molecule has 1 aliphatic carbocycles. The van der Waals surface area contributed by atoms with Crippen LogP contribution in [0, 0.1) is 5.92 Å². The maximum absolute atomic E-state index is 5.48. The first-order valence-corrected chi connectivity index (χ1v) is 11.6. The monoisotopic (exact) mass is 421 g/mol. The van der Waals surface area contributed by atoms with Crippen molar-refractivity contribution in [3.8, 4) is 0 Å². The maximum Gasteiger partial charge on any atom is 0.216 e. The molecule has 0 spiro atoms. The molecule has 1 aromatic heterocycles. The topological polar surface area (TPSA) is 61.2 Å². The number of fused-ring (bicyclic) bond motifs is 5. The van der Waals surface area contributed by atoms with Gasteiger partial charge in [0.15, 0.2) is 0 Å². The predicted molar refractivity (Wildman–Crippen MR) is 122 cm³/mol. The molecule has 8 heteroatoms. The van der Waals surface area contributed by atoms with Gasteiger partial charge in [0.05, 0.1) is 37.6 Å². The maximum atomic E-state index is 5.48. The minimum absolute atomic E-state index is 0.197. The summed E-state index contributed by atoms with van der Waals surface area (Å²) in [5.41, 5.74) is 2.26. The Kier molecular flexibility index (Phi) is 5.13. The number of hydrogen-bond acceptors (Lipinski definition) is 7. The van der Waals surface area contributed by atoms with Gasteiger partial charge in [-0.05, 0) is 31.4 Å². The summed E-state index contributed by atoms with van der Waals surface area (Å²) < 4.78 is 7.90. The van der Waals surface area contributed by atoms with Crippen LogP contribution in [-0.4, -0.2) is 78.0 Å². The number of allylic oxidation sites excluding steroid dienone is 2. The van der Waals surface area contributed by atoms with Crippen LogP contribution in [0.1, 0.15) is 25.4 Å². The second-order valence-electron chi connectivity index (χ2n) is 8.95. The van der Waals surface area contributed by atoms with E-state index in [9.17, 15) is 0 Å². The summed E-state index contributed by atoms with van der Waals surface area (Å²) in [5.74, 6) is 2.55. The van der Waals surface area contributed by atoms with E-state index in [-0.39, 0.29) is 6.17 Å². The normalized spacial score (nSPS) is 27.0. The molecular weight excluding hydrogens is 390 g/mol. The number of aliphatic imine (C=N–C) groups is 1. The van der Waals surface area contributed by atoms with E-state index < -0.39 is 0 Å². The van der Waals surface area contributed by atoms with Gasteiger partial charge >= 0.3 is 0 Å². The van der Waals surface area contributed by atoms with Crippen LogP contribution in [0.25, 0.3) is 11.0 Å². The molecule has 1 aromatic carbocycles. The van der Waals surface area contributed by atoms with Crippen molar-refractivity contribution in [1.29, 1.82) is 0 Å². The number of anilines is 1. The average molecular weight is 422 g/mol. The van der Waals surface area contributed by atoms with E-state index in [1.54, 1.807) is 0 Å². The second kappa shape index (κ2) is 8.26. The summed E-state index contributed by atoms with van der Waals surface area (Å²) >= 11 is 0. The van der Waals surface area contributed by atoms with Gasteiger partial charge in [0.2, 0.25) is 11.9 Å². The fraction of sp³-hybridized carbons (Fsp3) is 0.565. The molecular formula is C23H31N7O. The number of aromatic nitrogens is 2. The highest BCUT2D eigenvalue weighted by molar-refractivity contribution is 5.98. The Morgan fingerprint density at radius 3 is 2.81 bits per heavy atom. The molecule has 0 bridgehead atoms. The molecule has 3 aliphatic heterocycles. The molecule has 4 aliphatic rings. The summed E-state index contributed by atoms with van der Waals surface area (Å²) in [6.45, 7) is 7.37. The quantitative estimate of drug-likeness (QED) is 0.764. The number of guanidine groups is 1. The number of benzene rings is 1. The fourth-order valence-electron chi connectivity index (χ4n) is 5.22.